The zero-order chi connectivity index (χ0) is 25.9. The van der Waals surface area contributed by atoms with E-state index >= 15 is 0 Å². The molecule has 2 aromatic carbocycles. The van der Waals surface area contributed by atoms with Gasteiger partial charge in [0.1, 0.15) is 10.9 Å². The highest BCUT2D eigenvalue weighted by atomic mass is 35.5. The Morgan fingerprint density at radius 2 is 1.67 bits per heavy atom. The van der Waals surface area contributed by atoms with Crippen molar-refractivity contribution in [2.24, 2.45) is 5.92 Å². The number of ether oxygens (including phenoxy) is 1. The number of aryl methyl sites for hydroxylation is 1. The second-order valence-electron chi connectivity index (χ2n) is 8.43. The predicted octanol–water partition coefficient (Wildman–Crippen LogP) is 6.16. The molecule has 0 unspecified atom stereocenters. The fourth-order valence-corrected chi connectivity index (χ4v) is 6.39. The zero-order valence-corrected chi connectivity index (χ0v) is 22.3. The Morgan fingerprint density at radius 3 is 2.31 bits per heavy atom. The van der Waals surface area contributed by atoms with Gasteiger partial charge in [-0.2, -0.15) is 0 Å². The van der Waals surface area contributed by atoms with Gasteiger partial charge in [-0.1, -0.05) is 40.9 Å². The van der Waals surface area contributed by atoms with Gasteiger partial charge in [0.2, 0.25) is 5.91 Å². The Hall–Kier alpha value is -2.62. The van der Waals surface area contributed by atoms with Crippen molar-refractivity contribution in [1.29, 1.82) is 0 Å². The molecule has 36 heavy (non-hydrogen) atoms. The summed E-state index contributed by atoms with van der Waals surface area (Å²) in [5, 5.41) is 3.02. The molecule has 3 aromatic rings. The molecular formula is C25H19Cl3N2O5S. The monoisotopic (exact) mass is 564 g/mol. The number of amides is 2. The minimum atomic E-state index is -1.13. The first-order valence-electron chi connectivity index (χ1n) is 10.9. The number of fused-ring (bicyclic) bond motifs is 1. The number of halogens is 3. The van der Waals surface area contributed by atoms with E-state index in [0.29, 0.717) is 31.9 Å². The van der Waals surface area contributed by atoms with Gasteiger partial charge in [-0.15, -0.1) is 11.3 Å². The van der Waals surface area contributed by atoms with Gasteiger partial charge < -0.3 is 4.74 Å². The summed E-state index contributed by atoms with van der Waals surface area (Å²) in [6.07, 6.45) is -1.13. The first-order chi connectivity index (χ1) is 17.1. The third kappa shape index (κ3) is 3.88. The molecule has 1 aromatic heterocycles. The number of carbonyl (C=O) groups excluding carboxylic acids is 3. The quantitative estimate of drug-likeness (QED) is 0.278. The topological polar surface area (TPSA) is 76.2 Å². The van der Waals surface area contributed by atoms with E-state index in [-0.39, 0.29) is 10.6 Å². The van der Waals surface area contributed by atoms with Crippen LogP contribution in [0.15, 0.2) is 42.5 Å². The van der Waals surface area contributed by atoms with Gasteiger partial charge in [-0.25, -0.2) is 14.8 Å². The van der Waals surface area contributed by atoms with Crippen LogP contribution in [0, 0.1) is 19.8 Å². The summed E-state index contributed by atoms with van der Waals surface area (Å²) < 4.78 is 4.94. The van der Waals surface area contributed by atoms with Gasteiger partial charge in [0.05, 0.1) is 24.4 Å². The summed E-state index contributed by atoms with van der Waals surface area (Å²) in [6, 6.07) is 11.0. The molecule has 2 saturated heterocycles. The maximum absolute atomic E-state index is 13.9. The number of anilines is 2. The molecule has 3 heterocycles. The maximum Gasteiger partial charge on any atom is 0.341 e. The van der Waals surface area contributed by atoms with Crippen LogP contribution in [0.5, 0.6) is 0 Å². The highest BCUT2D eigenvalue weighted by molar-refractivity contribution is 7.17. The summed E-state index contributed by atoms with van der Waals surface area (Å²) in [5.74, 6) is -2.61. The second kappa shape index (κ2) is 9.36. The lowest BCUT2D eigenvalue weighted by atomic mass is 9.90. The largest absolute Gasteiger partial charge is 0.465 e. The van der Waals surface area contributed by atoms with Gasteiger partial charge >= 0.3 is 5.97 Å². The number of hydrogen-bond acceptors (Lipinski definition) is 7. The lowest BCUT2D eigenvalue weighted by Crippen LogP contribution is -2.37. The van der Waals surface area contributed by atoms with Gasteiger partial charge in [0.25, 0.3) is 5.91 Å². The third-order valence-electron chi connectivity index (χ3n) is 6.44. The Kier molecular flexibility index (Phi) is 6.51. The first kappa shape index (κ1) is 25.0. The van der Waals surface area contributed by atoms with E-state index in [9.17, 15) is 14.4 Å². The number of rotatable bonds is 4. The van der Waals surface area contributed by atoms with E-state index in [0.717, 1.165) is 9.78 Å². The van der Waals surface area contributed by atoms with Crippen LogP contribution in [0.2, 0.25) is 15.1 Å². The molecule has 2 fully saturated rings. The van der Waals surface area contributed by atoms with Gasteiger partial charge in [-0.3, -0.25) is 14.4 Å². The molecule has 2 aliphatic rings. The van der Waals surface area contributed by atoms with Crippen molar-refractivity contribution in [3.8, 4) is 0 Å². The Labute approximate surface area is 226 Å². The molecule has 2 amide bonds. The van der Waals surface area contributed by atoms with Crippen molar-refractivity contribution in [3.05, 3.63) is 79.1 Å². The van der Waals surface area contributed by atoms with E-state index in [2.05, 4.69) is 0 Å². The van der Waals surface area contributed by atoms with Gasteiger partial charge in [-0.05, 0) is 61.4 Å². The smallest absolute Gasteiger partial charge is 0.341 e. The Morgan fingerprint density at radius 1 is 1.00 bits per heavy atom. The summed E-state index contributed by atoms with van der Waals surface area (Å²) in [5.41, 5.74) is 2.01. The molecule has 0 aliphatic carbocycles. The van der Waals surface area contributed by atoms with E-state index in [1.165, 1.54) is 23.5 Å². The number of methoxy groups -OCH3 is 1. The van der Waals surface area contributed by atoms with Crippen molar-refractivity contribution in [2.75, 3.05) is 17.1 Å². The third-order valence-corrected chi connectivity index (χ3v) is 8.44. The molecule has 5 rings (SSSR count). The van der Waals surface area contributed by atoms with Crippen molar-refractivity contribution in [1.82, 2.24) is 0 Å². The van der Waals surface area contributed by atoms with Crippen molar-refractivity contribution in [2.45, 2.75) is 26.0 Å². The fraction of sp³-hybridized carbons (Fsp3) is 0.240. The molecule has 11 heteroatoms. The molecule has 0 radical (unpaired) electrons. The van der Waals surface area contributed by atoms with Crippen LogP contribution in [0.4, 0.5) is 10.7 Å². The van der Waals surface area contributed by atoms with Crippen LogP contribution in [0.25, 0.3) is 0 Å². The highest BCUT2D eigenvalue weighted by Crippen LogP contribution is 2.51. The number of carbonyl (C=O) groups is 3. The molecule has 3 atom stereocenters. The molecule has 0 spiro atoms. The zero-order valence-electron chi connectivity index (χ0n) is 19.3. The van der Waals surface area contributed by atoms with Crippen LogP contribution in [0.3, 0.4) is 0 Å². The SMILES string of the molecule is COC(=O)c1c(N2C(=O)[C@@H]3[C@H](ON(c4ccc(Cl)cc4)[C@H]3c3ccc(Cl)cc3Cl)C2=O)sc(C)c1C. The van der Waals surface area contributed by atoms with E-state index in [1.54, 1.807) is 49.4 Å². The Bertz CT molecular complexity index is 1410. The van der Waals surface area contributed by atoms with Crippen LogP contribution < -0.4 is 9.96 Å². The summed E-state index contributed by atoms with van der Waals surface area (Å²) in [4.78, 5) is 48.1. The molecule has 0 N–H and O–H groups in total. The molecule has 7 nitrogen and oxygen atoms in total. The summed E-state index contributed by atoms with van der Waals surface area (Å²) in [6.45, 7) is 3.57. The molecule has 0 saturated carbocycles. The van der Waals surface area contributed by atoms with Gasteiger partial charge in [0.15, 0.2) is 6.10 Å². The van der Waals surface area contributed by atoms with Crippen LogP contribution in [-0.2, 0) is 19.2 Å². The number of thiophene rings is 1. The first-order valence-corrected chi connectivity index (χ1v) is 12.8. The average Bonchev–Trinajstić information content (AvgIpc) is 3.44. The van der Waals surface area contributed by atoms with E-state index < -0.39 is 35.8 Å². The summed E-state index contributed by atoms with van der Waals surface area (Å²) in [7, 11) is 1.26. The number of nitrogens with zero attached hydrogens (tertiary/aromatic N) is 2. The Balaban J connectivity index is 1.63. The molecule has 186 valence electrons. The van der Waals surface area contributed by atoms with Crippen LogP contribution in [-0.4, -0.2) is 31.0 Å². The molecule has 2 aliphatic heterocycles. The van der Waals surface area contributed by atoms with Crippen molar-refractivity contribution < 1.29 is 24.0 Å². The standard InChI is InChI=1S/C25H19Cl3N2O5S/c1-11-12(2)36-24(18(11)25(33)34-3)29-22(31)19-20(16-9-6-14(27)10-17(16)28)30(35-21(19)23(29)32)15-7-4-13(26)5-8-15/h4-10,19-21H,1-3H3/t19-,20-,21-/m0/s1. The second-order valence-corrected chi connectivity index (χ2v) is 10.9. The predicted molar refractivity (Wildman–Crippen MR) is 139 cm³/mol. The lowest BCUT2D eigenvalue weighted by Gasteiger charge is -2.29. The number of hydroxylamine groups is 1. The number of imide groups is 1. The lowest BCUT2D eigenvalue weighted by molar-refractivity contribution is -0.126. The van der Waals surface area contributed by atoms with E-state index in [1.807, 2.05) is 6.92 Å². The highest BCUT2D eigenvalue weighted by Gasteiger charge is 2.61. The minimum Gasteiger partial charge on any atom is -0.465 e. The average molecular weight is 566 g/mol. The fourth-order valence-electron chi connectivity index (χ4n) is 4.59. The maximum atomic E-state index is 13.9. The van der Waals surface area contributed by atoms with Crippen molar-refractivity contribution >= 4 is 74.6 Å². The van der Waals surface area contributed by atoms with E-state index in [4.69, 9.17) is 44.4 Å². The van der Waals surface area contributed by atoms with Crippen molar-refractivity contribution in [3.63, 3.8) is 0 Å². The van der Waals surface area contributed by atoms with Crippen LogP contribution in [0.1, 0.15) is 32.4 Å². The summed E-state index contributed by atoms with van der Waals surface area (Å²) >= 11 is 19.9. The molecule has 0 bridgehead atoms. The van der Waals surface area contributed by atoms with Crippen LogP contribution >= 0.6 is 46.1 Å². The number of benzene rings is 2. The normalized spacial score (nSPS) is 21.3. The number of hydrogen-bond donors (Lipinski definition) is 0. The van der Waals surface area contributed by atoms with Gasteiger partial charge in [0, 0.05) is 19.9 Å². The minimum absolute atomic E-state index is 0.192. The molecular weight excluding hydrogens is 547 g/mol. The number of esters is 1.